The fourth-order valence-electron chi connectivity index (χ4n) is 3.11. The van der Waals surface area contributed by atoms with Crippen molar-refractivity contribution in [2.45, 2.75) is 43.4 Å². The first-order chi connectivity index (χ1) is 8.19. The predicted octanol–water partition coefficient (Wildman–Crippen LogP) is 1.19. The van der Waals surface area contributed by atoms with Gasteiger partial charge in [-0.25, -0.2) is 0 Å². The van der Waals surface area contributed by atoms with Crippen LogP contribution in [0.5, 0.6) is 5.75 Å². The number of fused-ring (bicyclic) bond motifs is 2. The number of pyridine rings is 1. The van der Waals surface area contributed by atoms with Gasteiger partial charge < -0.3 is 15.2 Å². The highest BCUT2D eigenvalue weighted by Gasteiger charge is 2.44. The number of hydrogen-bond donors (Lipinski definition) is 2. The third-order valence-corrected chi connectivity index (χ3v) is 3.95. The number of rotatable bonds is 2. The fraction of sp³-hybridized carbons (Fsp3) is 0.615. The predicted molar refractivity (Wildman–Crippen MR) is 63.9 cm³/mol. The van der Waals surface area contributed by atoms with Crippen LogP contribution in [-0.2, 0) is 5.60 Å². The Bertz CT molecular complexity index is 392. The van der Waals surface area contributed by atoms with Gasteiger partial charge in [0.1, 0.15) is 11.4 Å². The van der Waals surface area contributed by atoms with Crippen LogP contribution in [0.2, 0.25) is 0 Å². The van der Waals surface area contributed by atoms with E-state index >= 15 is 0 Å². The average molecular weight is 234 g/mol. The van der Waals surface area contributed by atoms with E-state index in [9.17, 15) is 5.11 Å². The number of nitrogens with one attached hydrogen (secondary N) is 1. The zero-order valence-corrected chi connectivity index (χ0v) is 10.0. The molecule has 2 N–H and O–H groups in total. The lowest BCUT2D eigenvalue weighted by Crippen LogP contribution is -2.47. The van der Waals surface area contributed by atoms with Gasteiger partial charge in [-0.1, -0.05) is 0 Å². The molecule has 17 heavy (non-hydrogen) atoms. The second kappa shape index (κ2) is 3.96. The standard InChI is InChI=1S/C13H18N2O2/c1-17-11-4-5-12(14-8-11)13(16)6-9-2-3-10(7-13)15-9/h4-5,8-10,15-16H,2-3,6-7H2,1H3. The lowest BCUT2D eigenvalue weighted by Gasteiger charge is -2.36. The summed E-state index contributed by atoms with van der Waals surface area (Å²) < 4.78 is 5.09. The maximum absolute atomic E-state index is 10.7. The summed E-state index contributed by atoms with van der Waals surface area (Å²) in [4.78, 5) is 4.34. The molecule has 2 fully saturated rings. The molecule has 2 unspecified atom stereocenters. The van der Waals surface area contributed by atoms with Gasteiger partial charge in [0.2, 0.25) is 0 Å². The molecule has 0 radical (unpaired) electrons. The molecule has 2 saturated heterocycles. The van der Waals surface area contributed by atoms with E-state index in [0.29, 0.717) is 12.1 Å². The van der Waals surface area contributed by atoms with Crippen molar-refractivity contribution < 1.29 is 9.84 Å². The molecule has 0 saturated carbocycles. The summed E-state index contributed by atoms with van der Waals surface area (Å²) in [6.07, 6.45) is 5.55. The molecule has 3 heterocycles. The second-order valence-electron chi connectivity index (χ2n) is 5.16. The molecule has 2 aliphatic heterocycles. The average Bonchev–Trinajstić information content (AvgIpc) is 2.69. The smallest absolute Gasteiger partial charge is 0.137 e. The monoisotopic (exact) mass is 234 g/mol. The number of hydrogen-bond acceptors (Lipinski definition) is 4. The van der Waals surface area contributed by atoms with Crippen molar-refractivity contribution >= 4 is 0 Å². The second-order valence-corrected chi connectivity index (χ2v) is 5.16. The molecule has 4 heteroatoms. The molecule has 0 spiro atoms. The zero-order valence-electron chi connectivity index (χ0n) is 10.0. The fourth-order valence-corrected chi connectivity index (χ4v) is 3.11. The lowest BCUT2D eigenvalue weighted by molar-refractivity contribution is -0.0153. The van der Waals surface area contributed by atoms with Crippen molar-refractivity contribution in [2.75, 3.05) is 7.11 Å². The van der Waals surface area contributed by atoms with E-state index in [1.807, 2.05) is 12.1 Å². The molecule has 0 amide bonds. The van der Waals surface area contributed by atoms with E-state index < -0.39 is 5.60 Å². The van der Waals surface area contributed by atoms with Gasteiger partial charge in [-0.2, -0.15) is 0 Å². The van der Waals surface area contributed by atoms with Crippen LogP contribution in [0.1, 0.15) is 31.4 Å². The van der Waals surface area contributed by atoms with Crippen molar-refractivity contribution in [1.29, 1.82) is 0 Å². The Labute approximate surface area is 101 Å². The summed E-state index contributed by atoms with van der Waals surface area (Å²) >= 11 is 0. The van der Waals surface area contributed by atoms with E-state index in [-0.39, 0.29) is 0 Å². The van der Waals surface area contributed by atoms with Crippen molar-refractivity contribution in [2.24, 2.45) is 0 Å². The zero-order chi connectivity index (χ0) is 11.9. The van der Waals surface area contributed by atoms with Crippen LogP contribution in [-0.4, -0.2) is 29.3 Å². The topological polar surface area (TPSA) is 54.4 Å². The number of ether oxygens (including phenoxy) is 1. The highest BCUT2D eigenvalue weighted by molar-refractivity contribution is 5.24. The van der Waals surface area contributed by atoms with E-state index in [0.717, 1.165) is 24.3 Å². The van der Waals surface area contributed by atoms with Crippen LogP contribution in [0, 0.1) is 0 Å². The van der Waals surface area contributed by atoms with E-state index in [2.05, 4.69) is 10.3 Å². The summed E-state index contributed by atoms with van der Waals surface area (Å²) in [6, 6.07) is 4.64. The molecule has 3 rings (SSSR count). The van der Waals surface area contributed by atoms with Gasteiger partial charge in [-0.05, 0) is 37.8 Å². The van der Waals surface area contributed by atoms with Gasteiger partial charge in [0.25, 0.3) is 0 Å². The molecule has 4 nitrogen and oxygen atoms in total. The summed E-state index contributed by atoms with van der Waals surface area (Å²) in [7, 11) is 1.62. The first-order valence-corrected chi connectivity index (χ1v) is 6.18. The number of piperidine rings is 1. The van der Waals surface area contributed by atoms with E-state index in [4.69, 9.17) is 4.74 Å². The van der Waals surface area contributed by atoms with Crippen molar-refractivity contribution in [3.05, 3.63) is 24.0 Å². The van der Waals surface area contributed by atoms with Gasteiger partial charge in [-0.3, -0.25) is 4.98 Å². The first-order valence-electron chi connectivity index (χ1n) is 6.18. The Kier molecular flexibility index (Phi) is 2.56. The van der Waals surface area contributed by atoms with Crippen molar-refractivity contribution in [1.82, 2.24) is 10.3 Å². The summed E-state index contributed by atoms with van der Waals surface area (Å²) in [6.45, 7) is 0. The molecule has 2 bridgehead atoms. The molecule has 0 aliphatic carbocycles. The first kappa shape index (κ1) is 11.0. The molecule has 2 aliphatic rings. The molecular weight excluding hydrogens is 216 g/mol. The van der Waals surface area contributed by atoms with Crippen molar-refractivity contribution in [3.8, 4) is 5.75 Å². The third-order valence-electron chi connectivity index (χ3n) is 3.95. The Morgan fingerprint density at radius 2 is 2.06 bits per heavy atom. The SMILES string of the molecule is COc1ccc(C2(O)CC3CCC(C2)N3)nc1. The number of aromatic nitrogens is 1. The number of methoxy groups -OCH3 is 1. The van der Waals surface area contributed by atoms with E-state index in [1.54, 1.807) is 13.3 Å². The van der Waals surface area contributed by atoms with Crippen LogP contribution in [0.3, 0.4) is 0 Å². The summed E-state index contributed by atoms with van der Waals surface area (Å²) in [5.41, 5.74) is 0.0142. The van der Waals surface area contributed by atoms with Gasteiger partial charge in [0.05, 0.1) is 19.0 Å². The van der Waals surface area contributed by atoms with Crippen LogP contribution < -0.4 is 10.1 Å². The third kappa shape index (κ3) is 1.91. The molecule has 92 valence electrons. The Balaban J connectivity index is 1.86. The molecule has 1 aromatic heterocycles. The minimum Gasteiger partial charge on any atom is -0.495 e. The van der Waals surface area contributed by atoms with Crippen LogP contribution in [0.4, 0.5) is 0 Å². The maximum Gasteiger partial charge on any atom is 0.137 e. The van der Waals surface area contributed by atoms with Gasteiger partial charge in [0.15, 0.2) is 0 Å². The quantitative estimate of drug-likeness (QED) is 0.807. The van der Waals surface area contributed by atoms with Crippen molar-refractivity contribution in [3.63, 3.8) is 0 Å². The Morgan fingerprint density at radius 1 is 1.35 bits per heavy atom. The minimum atomic E-state index is -0.761. The highest BCUT2D eigenvalue weighted by Crippen LogP contribution is 2.39. The molecule has 1 aromatic rings. The Hall–Kier alpha value is -1.13. The maximum atomic E-state index is 10.7. The lowest BCUT2D eigenvalue weighted by atomic mass is 9.84. The normalized spacial score (nSPS) is 35.9. The largest absolute Gasteiger partial charge is 0.495 e. The van der Waals surface area contributed by atoms with E-state index in [1.165, 1.54) is 12.8 Å². The highest BCUT2D eigenvalue weighted by atomic mass is 16.5. The van der Waals surface area contributed by atoms with Crippen LogP contribution >= 0.6 is 0 Å². The number of nitrogens with zero attached hydrogens (tertiary/aromatic N) is 1. The van der Waals surface area contributed by atoms with Crippen LogP contribution in [0.25, 0.3) is 0 Å². The molecular formula is C13H18N2O2. The molecule has 2 atom stereocenters. The Morgan fingerprint density at radius 3 is 2.59 bits per heavy atom. The summed E-state index contributed by atoms with van der Waals surface area (Å²) in [5.74, 6) is 0.731. The summed E-state index contributed by atoms with van der Waals surface area (Å²) in [5, 5.41) is 14.3. The molecule has 0 aromatic carbocycles. The van der Waals surface area contributed by atoms with Gasteiger partial charge in [-0.15, -0.1) is 0 Å². The van der Waals surface area contributed by atoms with Crippen LogP contribution in [0.15, 0.2) is 18.3 Å². The van der Waals surface area contributed by atoms with Gasteiger partial charge >= 0.3 is 0 Å². The number of aliphatic hydroxyl groups is 1. The minimum absolute atomic E-state index is 0.447. The van der Waals surface area contributed by atoms with Gasteiger partial charge in [0, 0.05) is 12.1 Å².